The van der Waals surface area contributed by atoms with E-state index in [1.807, 2.05) is 17.5 Å². The molecule has 0 amide bonds. The second-order valence-corrected chi connectivity index (χ2v) is 4.13. The van der Waals surface area contributed by atoms with Crippen LogP contribution in [-0.2, 0) is 6.61 Å². The van der Waals surface area contributed by atoms with Gasteiger partial charge in [-0.15, -0.1) is 11.3 Å². The lowest BCUT2D eigenvalue weighted by atomic mass is 10.3. The Balaban J connectivity index is 2.12. The molecular weight excluding hydrogens is 226 g/mol. The molecule has 0 saturated heterocycles. The van der Waals surface area contributed by atoms with Crippen LogP contribution < -0.4 is 4.74 Å². The molecule has 16 heavy (non-hydrogen) atoms. The summed E-state index contributed by atoms with van der Waals surface area (Å²) >= 11 is 1.56. The highest BCUT2D eigenvalue weighted by molar-refractivity contribution is 7.09. The van der Waals surface area contributed by atoms with Crippen LogP contribution >= 0.6 is 11.3 Å². The molecule has 0 bridgehead atoms. The first kappa shape index (κ1) is 10.6. The van der Waals surface area contributed by atoms with Gasteiger partial charge in [-0.05, 0) is 17.5 Å². The van der Waals surface area contributed by atoms with Gasteiger partial charge < -0.3 is 4.74 Å². The fraction of sp³-hybridized carbons (Fsp3) is 0.0909. The zero-order valence-corrected chi connectivity index (χ0v) is 9.15. The van der Waals surface area contributed by atoms with Crippen molar-refractivity contribution in [2.45, 2.75) is 6.61 Å². The van der Waals surface area contributed by atoms with Crippen molar-refractivity contribution < 1.29 is 9.66 Å². The summed E-state index contributed by atoms with van der Waals surface area (Å²) in [6.07, 6.45) is 0. The molecule has 0 atom stereocenters. The van der Waals surface area contributed by atoms with Gasteiger partial charge in [-0.1, -0.05) is 18.2 Å². The van der Waals surface area contributed by atoms with Crippen molar-refractivity contribution in [2.75, 3.05) is 0 Å². The van der Waals surface area contributed by atoms with Crippen molar-refractivity contribution in [3.63, 3.8) is 0 Å². The zero-order chi connectivity index (χ0) is 11.4. The lowest BCUT2D eigenvalue weighted by Crippen LogP contribution is -1.97. The van der Waals surface area contributed by atoms with Crippen LogP contribution in [0, 0.1) is 10.1 Å². The van der Waals surface area contributed by atoms with E-state index in [1.165, 1.54) is 6.07 Å². The van der Waals surface area contributed by atoms with Crippen molar-refractivity contribution in [1.29, 1.82) is 0 Å². The van der Waals surface area contributed by atoms with Crippen LogP contribution in [0.2, 0.25) is 0 Å². The Hall–Kier alpha value is -1.88. The molecule has 0 aliphatic rings. The Kier molecular flexibility index (Phi) is 3.16. The highest BCUT2D eigenvalue weighted by Crippen LogP contribution is 2.27. The van der Waals surface area contributed by atoms with Gasteiger partial charge in [0.25, 0.3) is 0 Å². The van der Waals surface area contributed by atoms with E-state index in [0.717, 1.165) is 4.88 Å². The maximum Gasteiger partial charge on any atom is 0.310 e. The zero-order valence-electron chi connectivity index (χ0n) is 8.33. The van der Waals surface area contributed by atoms with Crippen molar-refractivity contribution >= 4 is 17.0 Å². The minimum Gasteiger partial charge on any atom is -0.481 e. The number of para-hydroxylation sites is 2. The van der Waals surface area contributed by atoms with Crippen LogP contribution in [0.25, 0.3) is 0 Å². The second-order valence-electron chi connectivity index (χ2n) is 3.09. The van der Waals surface area contributed by atoms with Crippen LogP contribution in [0.4, 0.5) is 5.69 Å². The standard InChI is InChI=1S/C11H9NO3S/c13-12(14)10-5-1-2-6-11(10)15-8-9-4-3-7-16-9/h1-7H,8H2. The van der Waals surface area contributed by atoms with E-state index in [4.69, 9.17) is 4.74 Å². The molecule has 1 aromatic carbocycles. The molecule has 5 heteroatoms. The van der Waals surface area contributed by atoms with Crippen molar-refractivity contribution in [2.24, 2.45) is 0 Å². The molecule has 0 N–H and O–H groups in total. The minimum absolute atomic E-state index is 0.000874. The van der Waals surface area contributed by atoms with Crippen LogP contribution in [0.15, 0.2) is 41.8 Å². The Morgan fingerprint density at radius 2 is 2.06 bits per heavy atom. The highest BCUT2D eigenvalue weighted by atomic mass is 32.1. The molecule has 0 fully saturated rings. The first-order valence-corrected chi connectivity index (χ1v) is 5.54. The first-order chi connectivity index (χ1) is 7.77. The van der Waals surface area contributed by atoms with Gasteiger partial charge in [0.2, 0.25) is 0 Å². The van der Waals surface area contributed by atoms with Crippen LogP contribution in [-0.4, -0.2) is 4.92 Å². The molecular formula is C11H9NO3S. The van der Waals surface area contributed by atoms with Gasteiger partial charge in [-0.3, -0.25) is 10.1 Å². The van der Waals surface area contributed by atoms with E-state index in [2.05, 4.69) is 0 Å². The summed E-state index contributed by atoms with van der Waals surface area (Å²) in [6, 6.07) is 10.2. The fourth-order valence-electron chi connectivity index (χ4n) is 1.27. The van der Waals surface area contributed by atoms with Crippen molar-refractivity contribution in [3.05, 3.63) is 56.8 Å². The molecule has 0 spiro atoms. The van der Waals surface area contributed by atoms with Gasteiger partial charge >= 0.3 is 5.69 Å². The number of benzene rings is 1. The molecule has 0 saturated carbocycles. The molecule has 0 aliphatic heterocycles. The van der Waals surface area contributed by atoms with Crippen LogP contribution in [0.5, 0.6) is 5.75 Å². The van der Waals surface area contributed by atoms with E-state index in [0.29, 0.717) is 12.4 Å². The summed E-state index contributed by atoms with van der Waals surface area (Å²) in [4.78, 5) is 11.3. The molecule has 1 aromatic heterocycles. The molecule has 0 aliphatic carbocycles. The molecule has 0 radical (unpaired) electrons. The SMILES string of the molecule is O=[N+]([O-])c1ccccc1OCc1cccs1. The predicted octanol–water partition coefficient (Wildman–Crippen LogP) is 3.24. The summed E-state index contributed by atoms with van der Waals surface area (Å²) in [6.45, 7) is 0.364. The molecule has 4 nitrogen and oxygen atoms in total. The first-order valence-electron chi connectivity index (χ1n) is 4.66. The quantitative estimate of drug-likeness (QED) is 0.603. The van der Waals surface area contributed by atoms with Gasteiger partial charge in [0.15, 0.2) is 5.75 Å². The maximum absolute atomic E-state index is 10.7. The summed E-state index contributed by atoms with van der Waals surface area (Å²) in [5.41, 5.74) is -0.000874. The van der Waals surface area contributed by atoms with Crippen molar-refractivity contribution in [1.82, 2.24) is 0 Å². The number of nitro benzene ring substituents is 1. The Morgan fingerprint density at radius 1 is 1.25 bits per heavy atom. The lowest BCUT2D eigenvalue weighted by molar-refractivity contribution is -0.385. The van der Waals surface area contributed by atoms with E-state index in [1.54, 1.807) is 29.5 Å². The van der Waals surface area contributed by atoms with Gasteiger partial charge in [-0.2, -0.15) is 0 Å². The Morgan fingerprint density at radius 3 is 2.75 bits per heavy atom. The van der Waals surface area contributed by atoms with Crippen LogP contribution in [0.1, 0.15) is 4.88 Å². The molecule has 2 aromatic rings. The largest absolute Gasteiger partial charge is 0.481 e. The van der Waals surface area contributed by atoms with Gasteiger partial charge in [0.05, 0.1) is 4.92 Å². The number of thiophene rings is 1. The Labute approximate surface area is 96.3 Å². The van der Waals surface area contributed by atoms with E-state index in [9.17, 15) is 10.1 Å². The van der Waals surface area contributed by atoms with Crippen LogP contribution in [0.3, 0.4) is 0 Å². The second kappa shape index (κ2) is 4.76. The number of nitrogens with zero attached hydrogens (tertiary/aromatic N) is 1. The third-order valence-electron chi connectivity index (χ3n) is 2.01. The third-order valence-corrected chi connectivity index (χ3v) is 2.86. The van der Waals surface area contributed by atoms with Gasteiger partial charge in [-0.25, -0.2) is 0 Å². The lowest BCUT2D eigenvalue weighted by Gasteiger charge is -2.04. The Bertz CT molecular complexity index is 482. The summed E-state index contributed by atoms with van der Waals surface area (Å²) in [7, 11) is 0. The normalized spacial score (nSPS) is 10.0. The monoisotopic (exact) mass is 235 g/mol. The number of nitro groups is 1. The third kappa shape index (κ3) is 2.38. The average molecular weight is 235 g/mol. The summed E-state index contributed by atoms with van der Waals surface area (Å²) in [5.74, 6) is 0.306. The molecule has 82 valence electrons. The number of rotatable bonds is 4. The predicted molar refractivity (Wildman–Crippen MR) is 61.7 cm³/mol. The van der Waals surface area contributed by atoms with E-state index < -0.39 is 4.92 Å². The average Bonchev–Trinajstić information content (AvgIpc) is 2.79. The van der Waals surface area contributed by atoms with Gasteiger partial charge in [0, 0.05) is 10.9 Å². The molecule has 2 rings (SSSR count). The van der Waals surface area contributed by atoms with Gasteiger partial charge in [0.1, 0.15) is 6.61 Å². The molecule has 1 heterocycles. The number of hydrogen-bond donors (Lipinski definition) is 0. The molecule has 0 unspecified atom stereocenters. The smallest absolute Gasteiger partial charge is 0.310 e. The fourth-order valence-corrected chi connectivity index (χ4v) is 1.89. The minimum atomic E-state index is -0.441. The highest BCUT2D eigenvalue weighted by Gasteiger charge is 2.13. The summed E-state index contributed by atoms with van der Waals surface area (Å²) < 4.78 is 5.41. The van der Waals surface area contributed by atoms with E-state index in [-0.39, 0.29) is 5.69 Å². The van der Waals surface area contributed by atoms with E-state index >= 15 is 0 Å². The number of hydrogen-bond acceptors (Lipinski definition) is 4. The number of ether oxygens (including phenoxy) is 1. The topological polar surface area (TPSA) is 52.4 Å². The maximum atomic E-state index is 10.7. The summed E-state index contributed by atoms with van der Waals surface area (Å²) in [5, 5.41) is 12.7. The van der Waals surface area contributed by atoms with Crippen molar-refractivity contribution in [3.8, 4) is 5.75 Å².